The van der Waals surface area contributed by atoms with Crippen LogP contribution in [0.25, 0.3) is 0 Å². The Kier molecular flexibility index (Phi) is 1.73. The highest BCUT2D eigenvalue weighted by molar-refractivity contribution is 5.01. The van der Waals surface area contributed by atoms with Gasteiger partial charge in [-0.3, -0.25) is 0 Å². The summed E-state index contributed by atoms with van der Waals surface area (Å²) in [6, 6.07) is -0.0547. The standard InChI is InChI=1S/C9H15NO4/c1-9(2)13-7-6-5(4(10)3-11-6)12-8(7)14-9/h4-8H,3,10H2,1-2H3. The summed E-state index contributed by atoms with van der Waals surface area (Å²) in [5.74, 6) is -0.573. The van der Waals surface area contributed by atoms with Crippen LogP contribution < -0.4 is 5.73 Å². The summed E-state index contributed by atoms with van der Waals surface area (Å²) >= 11 is 0. The second-order valence-electron chi connectivity index (χ2n) is 4.53. The van der Waals surface area contributed by atoms with Gasteiger partial charge in [-0.05, 0) is 13.8 Å². The Morgan fingerprint density at radius 1 is 1.14 bits per heavy atom. The molecule has 3 heterocycles. The van der Waals surface area contributed by atoms with Crippen molar-refractivity contribution >= 4 is 0 Å². The first-order chi connectivity index (χ1) is 6.57. The van der Waals surface area contributed by atoms with E-state index < -0.39 is 5.79 Å². The van der Waals surface area contributed by atoms with Crippen molar-refractivity contribution in [2.45, 2.75) is 50.3 Å². The molecule has 0 aromatic rings. The topological polar surface area (TPSA) is 62.9 Å². The van der Waals surface area contributed by atoms with E-state index in [0.717, 1.165) is 0 Å². The zero-order chi connectivity index (χ0) is 9.92. The second kappa shape index (κ2) is 2.68. The van der Waals surface area contributed by atoms with Crippen LogP contribution in [0.15, 0.2) is 0 Å². The molecule has 2 N–H and O–H groups in total. The van der Waals surface area contributed by atoms with Crippen LogP contribution in [-0.4, -0.2) is 43.0 Å². The summed E-state index contributed by atoms with van der Waals surface area (Å²) in [6.45, 7) is 4.29. The lowest BCUT2D eigenvalue weighted by Gasteiger charge is -2.21. The van der Waals surface area contributed by atoms with Gasteiger partial charge in [0.2, 0.25) is 0 Å². The van der Waals surface area contributed by atoms with Crippen LogP contribution in [0.4, 0.5) is 0 Å². The van der Waals surface area contributed by atoms with Gasteiger partial charge in [0, 0.05) is 0 Å². The van der Waals surface area contributed by atoms with Crippen molar-refractivity contribution < 1.29 is 18.9 Å². The predicted molar refractivity (Wildman–Crippen MR) is 46.4 cm³/mol. The largest absolute Gasteiger partial charge is 0.371 e. The first-order valence-electron chi connectivity index (χ1n) is 4.95. The summed E-state index contributed by atoms with van der Waals surface area (Å²) in [5.41, 5.74) is 5.83. The Labute approximate surface area is 82.4 Å². The number of nitrogens with two attached hydrogens (primary N) is 1. The molecule has 0 aromatic heterocycles. The van der Waals surface area contributed by atoms with Crippen molar-refractivity contribution in [3.63, 3.8) is 0 Å². The summed E-state index contributed by atoms with van der Waals surface area (Å²) in [7, 11) is 0. The van der Waals surface area contributed by atoms with E-state index in [9.17, 15) is 0 Å². The number of hydrogen-bond donors (Lipinski definition) is 1. The number of rotatable bonds is 0. The van der Waals surface area contributed by atoms with Crippen molar-refractivity contribution in [3.05, 3.63) is 0 Å². The zero-order valence-corrected chi connectivity index (χ0v) is 8.30. The fourth-order valence-electron chi connectivity index (χ4n) is 2.36. The Balaban J connectivity index is 1.80. The molecule has 3 fully saturated rings. The Hall–Kier alpha value is -0.200. The Morgan fingerprint density at radius 2 is 1.93 bits per heavy atom. The monoisotopic (exact) mass is 201 g/mol. The maximum atomic E-state index is 5.83. The predicted octanol–water partition coefficient (Wildman–Crippen LogP) is -0.411. The first-order valence-corrected chi connectivity index (χ1v) is 4.95. The molecule has 5 nitrogen and oxygen atoms in total. The van der Waals surface area contributed by atoms with Crippen molar-refractivity contribution in [1.82, 2.24) is 0 Å². The van der Waals surface area contributed by atoms with E-state index in [0.29, 0.717) is 6.61 Å². The van der Waals surface area contributed by atoms with Gasteiger partial charge in [0.1, 0.15) is 18.3 Å². The van der Waals surface area contributed by atoms with Crippen molar-refractivity contribution in [2.24, 2.45) is 5.73 Å². The molecular formula is C9H15NO4. The van der Waals surface area contributed by atoms with E-state index in [1.165, 1.54) is 0 Å². The van der Waals surface area contributed by atoms with Gasteiger partial charge in [-0.2, -0.15) is 0 Å². The minimum atomic E-state index is -0.573. The first kappa shape index (κ1) is 9.06. The molecule has 5 heteroatoms. The smallest absolute Gasteiger partial charge is 0.190 e. The average molecular weight is 201 g/mol. The van der Waals surface area contributed by atoms with Crippen LogP contribution in [0.2, 0.25) is 0 Å². The van der Waals surface area contributed by atoms with Gasteiger partial charge in [0.25, 0.3) is 0 Å². The highest BCUT2D eigenvalue weighted by Gasteiger charge is 2.58. The average Bonchev–Trinajstić information content (AvgIpc) is 2.63. The van der Waals surface area contributed by atoms with Crippen molar-refractivity contribution in [1.29, 1.82) is 0 Å². The van der Waals surface area contributed by atoms with E-state index >= 15 is 0 Å². The molecule has 0 amide bonds. The molecule has 0 spiro atoms. The molecule has 5 unspecified atom stereocenters. The molecule has 14 heavy (non-hydrogen) atoms. The highest BCUT2D eigenvalue weighted by Crippen LogP contribution is 2.41. The normalized spacial score (nSPS) is 54.6. The fraction of sp³-hybridized carbons (Fsp3) is 1.00. The van der Waals surface area contributed by atoms with Crippen LogP contribution in [0.5, 0.6) is 0 Å². The van der Waals surface area contributed by atoms with Gasteiger partial charge in [0.15, 0.2) is 12.1 Å². The third kappa shape index (κ3) is 1.14. The summed E-state index contributed by atoms with van der Waals surface area (Å²) in [6.07, 6.45) is -0.562. The molecule has 3 saturated heterocycles. The summed E-state index contributed by atoms with van der Waals surface area (Å²) in [4.78, 5) is 0. The molecule has 0 saturated carbocycles. The van der Waals surface area contributed by atoms with Gasteiger partial charge in [-0.1, -0.05) is 0 Å². The van der Waals surface area contributed by atoms with Crippen LogP contribution in [0.1, 0.15) is 13.8 Å². The van der Waals surface area contributed by atoms with Gasteiger partial charge in [-0.15, -0.1) is 0 Å². The van der Waals surface area contributed by atoms with Crippen molar-refractivity contribution in [2.75, 3.05) is 6.61 Å². The van der Waals surface area contributed by atoms with E-state index in [4.69, 9.17) is 24.7 Å². The third-order valence-electron chi connectivity index (χ3n) is 2.93. The molecule has 5 atom stereocenters. The lowest BCUT2D eigenvalue weighted by molar-refractivity contribution is -0.210. The molecule has 0 aliphatic carbocycles. The maximum Gasteiger partial charge on any atom is 0.190 e. The van der Waals surface area contributed by atoms with Crippen LogP contribution in [0, 0.1) is 0 Å². The molecule has 0 radical (unpaired) electrons. The van der Waals surface area contributed by atoms with E-state index in [1.807, 2.05) is 13.8 Å². The van der Waals surface area contributed by atoms with Gasteiger partial charge >= 0.3 is 0 Å². The maximum absolute atomic E-state index is 5.83. The fourth-order valence-corrected chi connectivity index (χ4v) is 2.36. The molecule has 3 aliphatic heterocycles. The molecule has 3 aliphatic rings. The lowest BCUT2D eigenvalue weighted by Crippen LogP contribution is -2.38. The lowest BCUT2D eigenvalue weighted by atomic mass is 10.1. The van der Waals surface area contributed by atoms with Crippen LogP contribution >= 0.6 is 0 Å². The van der Waals surface area contributed by atoms with E-state index in [1.54, 1.807) is 0 Å². The van der Waals surface area contributed by atoms with E-state index in [-0.39, 0.29) is 30.6 Å². The van der Waals surface area contributed by atoms with Gasteiger partial charge in [0.05, 0.1) is 12.6 Å². The van der Waals surface area contributed by atoms with Crippen LogP contribution in [-0.2, 0) is 18.9 Å². The van der Waals surface area contributed by atoms with Gasteiger partial charge in [-0.25, -0.2) is 0 Å². The molecular weight excluding hydrogens is 186 g/mol. The quantitative estimate of drug-likeness (QED) is 0.577. The SMILES string of the molecule is CC1(C)OC2OC3C(N)COC3C2O1. The van der Waals surface area contributed by atoms with Crippen LogP contribution in [0.3, 0.4) is 0 Å². The molecule has 3 rings (SSSR count). The minimum absolute atomic E-state index is 0.0547. The minimum Gasteiger partial charge on any atom is -0.371 e. The number of fused-ring (bicyclic) bond motifs is 3. The van der Waals surface area contributed by atoms with E-state index in [2.05, 4.69) is 0 Å². The summed E-state index contributed by atoms with van der Waals surface area (Å²) < 4.78 is 22.5. The molecule has 80 valence electrons. The highest BCUT2D eigenvalue weighted by atomic mass is 16.8. The third-order valence-corrected chi connectivity index (χ3v) is 2.93. The van der Waals surface area contributed by atoms with Gasteiger partial charge < -0.3 is 24.7 Å². The number of hydrogen-bond acceptors (Lipinski definition) is 5. The second-order valence-corrected chi connectivity index (χ2v) is 4.53. The Bertz CT molecular complexity index is 257. The van der Waals surface area contributed by atoms with Crippen molar-refractivity contribution in [3.8, 4) is 0 Å². The Morgan fingerprint density at radius 3 is 2.71 bits per heavy atom. The summed E-state index contributed by atoms with van der Waals surface area (Å²) in [5, 5.41) is 0. The molecule has 0 aromatic carbocycles. The number of ether oxygens (including phenoxy) is 4. The zero-order valence-electron chi connectivity index (χ0n) is 8.30. The molecule has 0 bridgehead atoms.